The number of nitrogens with zero attached hydrogens (tertiary/aromatic N) is 4. The highest BCUT2D eigenvalue weighted by atomic mass is 16.5. The van der Waals surface area contributed by atoms with Crippen molar-refractivity contribution in [1.82, 2.24) is 14.5 Å². The van der Waals surface area contributed by atoms with Gasteiger partial charge in [0.05, 0.1) is 35.1 Å². The predicted molar refractivity (Wildman–Crippen MR) is 120 cm³/mol. The topological polar surface area (TPSA) is 99.7 Å². The summed E-state index contributed by atoms with van der Waals surface area (Å²) < 4.78 is 6.76. The van der Waals surface area contributed by atoms with Crippen LogP contribution in [0.1, 0.15) is 51.6 Å². The van der Waals surface area contributed by atoms with Crippen LogP contribution < -0.4 is 5.32 Å². The molecule has 1 N–H and O–H groups in total. The summed E-state index contributed by atoms with van der Waals surface area (Å²) in [6.07, 6.45) is 4.64. The molecule has 3 aromatic rings. The zero-order valence-corrected chi connectivity index (χ0v) is 18.2. The van der Waals surface area contributed by atoms with Crippen molar-refractivity contribution in [1.29, 1.82) is 5.26 Å². The third-order valence-electron chi connectivity index (χ3n) is 5.82. The van der Waals surface area contributed by atoms with Crippen LogP contribution in [-0.2, 0) is 4.74 Å². The van der Waals surface area contributed by atoms with Crippen LogP contribution >= 0.6 is 0 Å². The van der Waals surface area contributed by atoms with Gasteiger partial charge in [-0.15, -0.1) is 0 Å². The van der Waals surface area contributed by atoms with Crippen molar-refractivity contribution < 1.29 is 14.3 Å². The zero-order chi connectivity index (χ0) is 22.7. The van der Waals surface area contributed by atoms with E-state index in [0.717, 1.165) is 12.8 Å². The van der Waals surface area contributed by atoms with Crippen LogP contribution in [0.25, 0.3) is 5.52 Å². The Morgan fingerprint density at radius 3 is 2.62 bits per heavy atom. The number of esters is 1. The first kappa shape index (κ1) is 21.4. The molecular weight excluding hydrogens is 406 g/mol. The van der Waals surface area contributed by atoms with Crippen molar-refractivity contribution in [3.8, 4) is 6.07 Å². The molecule has 0 spiro atoms. The largest absolute Gasteiger partial charge is 0.462 e. The van der Waals surface area contributed by atoms with E-state index in [0.29, 0.717) is 46.5 Å². The minimum Gasteiger partial charge on any atom is -0.462 e. The lowest BCUT2D eigenvalue weighted by atomic mass is 10.0. The van der Waals surface area contributed by atoms with Gasteiger partial charge in [0, 0.05) is 30.9 Å². The summed E-state index contributed by atoms with van der Waals surface area (Å²) >= 11 is 0. The maximum Gasteiger partial charge on any atom is 0.340 e. The zero-order valence-electron chi connectivity index (χ0n) is 18.2. The molecule has 4 rings (SSSR count). The molecule has 1 fully saturated rings. The van der Waals surface area contributed by atoms with Crippen molar-refractivity contribution in [2.24, 2.45) is 0 Å². The number of aromatic nitrogens is 2. The van der Waals surface area contributed by atoms with Gasteiger partial charge in [-0.1, -0.05) is 18.2 Å². The number of rotatable bonds is 5. The van der Waals surface area contributed by atoms with Gasteiger partial charge in [-0.05, 0) is 44.4 Å². The van der Waals surface area contributed by atoms with Crippen LogP contribution in [0.15, 0.2) is 42.7 Å². The third-order valence-corrected chi connectivity index (χ3v) is 5.82. The summed E-state index contributed by atoms with van der Waals surface area (Å²) in [4.78, 5) is 26.9. The monoisotopic (exact) mass is 431 g/mol. The molecule has 3 heterocycles. The Hall–Kier alpha value is -3.86. The number of hydrogen-bond donors (Lipinski definition) is 1. The smallest absolute Gasteiger partial charge is 0.340 e. The fourth-order valence-corrected chi connectivity index (χ4v) is 4.13. The molecule has 1 saturated heterocycles. The fourth-order valence-electron chi connectivity index (χ4n) is 4.13. The number of anilines is 1. The molecule has 0 radical (unpaired) electrons. The second-order valence-corrected chi connectivity index (χ2v) is 7.80. The predicted octanol–water partition coefficient (Wildman–Crippen LogP) is 3.41. The second kappa shape index (κ2) is 9.10. The lowest BCUT2D eigenvalue weighted by Crippen LogP contribution is -2.42. The van der Waals surface area contributed by atoms with E-state index in [1.807, 2.05) is 42.2 Å². The molecule has 1 aliphatic rings. The highest BCUT2D eigenvalue weighted by molar-refractivity contribution is 5.96. The molecule has 0 aliphatic carbocycles. The van der Waals surface area contributed by atoms with Crippen LogP contribution in [-0.4, -0.2) is 52.1 Å². The van der Waals surface area contributed by atoms with Gasteiger partial charge in [-0.3, -0.25) is 4.79 Å². The second-order valence-electron chi connectivity index (χ2n) is 7.80. The normalized spacial score (nSPS) is 14.2. The van der Waals surface area contributed by atoms with E-state index in [-0.39, 0.29) is 18.6 Å². The molecular formula is C24H25N5O3. The van der Waals surface area contributed by atoms with Gasteiger partial charge >= 0.3 is 5.97 Å². The number of nitrogens with one attached hydrogen (secondary N) is 1. The number of fused-ring (bicyclic) bond motifs is 1. The fraction of sp³-hybridized carbons (Fsp3) is 0.333. The van der Waals surface area contributed by atoms with Crippen LogP contribution in [0.2, 0.25) is 0 Å². The van der Waals surface area contributed by atoms with Gasteiger partial charge in [-0.25, -0.2) is 9.31 Å². The van der Waals surface area contributed by atoms with E-state index < -0.39 is 5.97 Å². The van der Waals surface area contributed by atoms with E-state index in [2.05, 4.69) is 16.5 Å². The van der Waals surface area contributed by atoms with Gasteiger partial charge in [0.25, 0.3) is 5.91 Å². The van der Waals surface area contributed by atoms with E-state index >= 15 is 0 Å². The molecule has 0 atom stereocenters. The van der Waals surface area contributed by atoms with Gasteiger partial charge in [-0.2, -0.15) is 10.4 Å². The van der Waals surface area contributed by atoms with Crippen LogP contribution in [0.5, 0.6) is 0 Å². The highest BCUT2D eigenvalue weighted by Crippen LogP contribution is 2.30. The molecule has 32 heavy (non-hydrogen) atoms. The highest BCUT2D eigenvalue weighted by Gasteiger charge is 2.26. The Kier molecular flexibility index (Phi) is 6.08. The number of ether oxygens (including phenoxy) is 1. The molecule has 1 amide bonds. The van der Waals surface area contributed by atoms with E-state index in [4.69, 9.17) is 4.74 Å². The Labute approximate surface area is 186 Å². The van der Waals surface area contributed by atoms with Crippen molar-refractivity contribution in [3.63, 3.8) is 0 Å². The summed E-state index contributed by atoms with van der Waals surface area (Å²) in [5.74, 6) is -0.373. The van der Waals surface area contributed by atoms with Gasteiger partial charge < -0.3 is 15.0 Å². The van der Waals surface area contributed by atoms with E-state index in [9.17, 15) is 14.9 Å². The number of likely N-dealkylation sites (tertiary alicyclic amines) is 1. The Balaban J connectivity index is 1.55. The van der Waals surface area contributed by atoms with Crippen molar-refractivity contribution in [2.75, 3.05) is 25.0 Å². The molecule has 164 valence electrons. The SMILES string of the molecule is CCOC(=O)c1cn2ncc(C#N)c(NC3CCN(C(=O)c4ccccc4)CC3)c2c1C. The lowest BCUT2D eigenvalue weighted by molar-refractivity contribution is 0.0525. The van der Waals surface area contributed by atoms with Crippen LogP contribution in [0.4, 0.5) is 5.69 Å². The molecule has 0 unspecified atom stereocenters. The minimum atomic E-state index is -0.410. The quantitative estimate of drug-likeness (QED) is 0.622. The molecule has 8 heteroatoms. The first-order valence-electron chi connectivity index (χ1n) is 10.7. The number of nitriles is 1. The molecule has 0 bridgehead atoms. The maximum atomic E-state index is 12.7. The van der Waals surface area contributed by atoms with Gasteiger partial charge in [0.2, 0.25) is 0 Å². The van der Waals surface area contributed by atoms with Gasteiger partial charge in [0.15, 0.2) is 0 Å². The number of piperidine rings is 1. The summed E-state index contributed by atoms with van der Waals surface area (Å²) in [6.45, 7) is 5.13. The van der Waals surface area contributed by atoms with E-state index in [1.54, 1.807) is 17.6 Å². The van der Waals surface area contributed by atoms with Crippen molar-refractivity contribution in [3.05, 3.63) is 65.0 Å². The summed E-state index contributed by atoms with van der Waals surface area (Å²) in [5, 5.41) is 17.4. The molecule has 1 aromatic carbocycles. The summed E-state index contributed by atoms with van der Waals surface area (Å²) in [5.41, 5.74) is 3.60. The number of benzene rings is 1. The van der Waals surface area contributed by atoms with Gasteiger partial charge in [0.1, 0.15) is 6.07 Å². The average molecular weight is 431 g/mol. The number of carbonyl (C=O) groups is 2. The first-order chi connectivity index (χ1) is 15.5. The third kappa shape index (κ3) is 4.02. The number of aryl methyl sites for hydroxylation is 1. The molecule has 8 nitrogen and oxygen atoms in total. The molecule has 2 aromatic heterocycles. The maximum absolute atomic E-state index is 12.7. The average Bonchev–Trinajstić information content (AvgIpc) is 3.17. The number of hydrogen-bond acceptors (Lipinski definition) is 6. The Morgan fingerprint density at radius 2 is 1.97 bits per heavy atom. The number of amides is 1. The summed E-state index contributed by atoms with van der Waals surface area (Å²) in [7, 11) is 0. The van der Waals surface area contributed by atoms with Crippen molar-refractivity contribution in [2.45, 2.75) is 32.7 Å². The Morgan fingerprint density at radius 1 is 1.25 bits per heavy atom. The van der Waals surface area contributed by atoms with E-state index in [1.165, 1.54) is 6.20 Å². The van der Waals surface area contributed by atoms with Crippen LogP contribution in [0, 0.1) is 18.3 Å². The standard InChI is InChI=1S/C24H25N5O3/c1-3-32-24(31)20-15-29-22(16(20)2)21(18(13-25)14-26-29)27-19-9-11-28(12-10-19)23(30)17-7-5-4-6-8-17/h4-8,14-15,19,27H,3,9-12H2,1-2H3. The minimum absolute atomic E-state index is 0.0366. The Bertz CT molecular complexity index is 1190. The van der Waals surface area contributed by atoms with Crippen LogP contribution in [0.3, 0.4) is 0 Å². The summed E-state index contributed by atoms with van der Waals surface area (Å²) in [6, 6.07) is 11.6. The number of carbonyl (C=O) groups excluding carboxylic acids is 2. The molecule has 1 aliphatic heterocycles. The first-order valence-corrected chi connectivity index (χ1v) is 10.7. The lowest BCUT2D eigenvalue weighted by Gasteiger charge is -2.33. The van der Waals surface area contributed by atoms with Crippen molar-refractivity contribution >= 4 is 23.1 Å². The molecule has 0 saturated carbocycles.